The number of aliphatic hydroxyl groups is 1. The molecule has 0 unspecified atom stereocenters. The second-order valence-electron chi connectivity index (χ2n) is 7.48. The molecule has 1 aromatic rings. The summed E-state index contributed by atoms with van der Waals surface area (Å²) < 4.78 is 0.725. The Morgan fingerprint density at radius 3 is 2.00 bits per heavy atom. The molecule has 1 N–H and O–H groups in total. The molecule has 3 heteroatoms. The molecule has 24 heavy (non-hydrogen) atoms. The van der Waals surface area contributed by atoms with Gasteiger partial charge in [0.2, 0.25) is 0 Å². The third-order valence-corrected chi connectivity index (χ3v) is 4.93. The predicted octanol–water partition coefficient (Wildman–Crippen LogP) is 2.16. The van der Waals surface area contributed by atoms with Gasteiger partial charge in [-0.15, -0.1) is 0 Å². The number of aliphatic hydroxyl groups excluding tert-OH is 1. The van der Waals surface area contributed by atoms with E-state index in [0.29, 0.717) is 0 Å². The fourth-order valence-corrected chi connectivity index (χ4v) is 3.09. The van der Waals surface area contributed by atoms with Gasteiger partial charge in [0.25, 0.3) is 0 Å². The van der Waals surface area contributed by atoms with Crippen LogP contribution < -0.4 is 17.0 Å². The van der Waals surface area contributed by atoms with Crippen LogP contribution in [0.15, 0.2) is 30.3 Å². The second-order valence-corrected chi connectivity index (χ2v) is 7.48. The van der Waals surface area contributed by atoms with Crippen LogP contribution in [0.2, 0.25) is 0 Å². The first kappa shape index (κ1) is 23.6. The number of hydrogen-bond donors (Lipinski definition) is 1. The van der Waals surface area contributed by atoms with Crippen molar-refractivity contribution in [3.8, 4) is 0 Å². The average Bonchev–Trinajstić information content (AvgIpc) is 2.56. The van der Waals surface area contributed by atoms with Gasteiger partial charge in [0, 0.05) is 6.42 Å². The van der Waals surface area contributed by atoms with E-state index in [-0.39, 0.29) is 23.2 Å². The number of benzene rings is 1. The van der Waals surface area contributed by atoms with Gasteiger partial charge in [0.05, 0.1) is 20.6 Å². The van der Waals surface area contributed by atoms with Crippen molar-refractivity contribution in [2.75, 3.05) is 20.6 Å². The molecule has 1 atom stereocenters. The summed E-state index contributed by atoms with van der Waals surface area (Å²) in [6, 6.07) is 10.5. The number of rotatable bonds is 13. The van der Waals surface area contributed by atoms with Crippen LogP contribution >= 0.6 is 0 Å². The minimum absolute atomic E-state index is 0. The zero-order valence-electron chi connectivity index (χ0n) is 16.0. The molecule has 0 saturated carbocycles. The van der Waals surface area contributed by atoms with Crippen LogP contribution in [0.1, 0.15) is 70.3 Å². The highest BCUT2D eigenvalue weighted by Crippen LogP contribution is 2.15. The number of quaternary nitrogens is 1. The van der Waals surface area contributed by atoms with E-state index in [1.807, 2.05) is 6.07 Å². The van der Waals surface area contributed by atoms with Gasteiger partial charge in [0.15, 0.2) is 6.23 Å². The molecular formula is C21H38BrNO. The second kappa shape index (κ2) is 13.9. The van der Waals surface area contributed by atoms with Crippen molar-refractivity contribution in [3.05, 3.63) is 35.9 Å². The Kier molecular flexibility index (Phi) is 13.6. The Balaban J connectivity index is 0.00000529. The predicted molar refractivity (Wildman–Crippen MR) is 100 cm³/mol. The highest BCUT2D eigenvalue weighted by Gasteiger charge is 2.24. The number of halogens is 1. The summed E-state index contributed by atoms with van der Waals surface area (Å²) in [6.07, 6.45) is 12.3. The number of unbranched alkanes of at least 4 members (excludes halogenated alkanes) is 7. The van der Waals surface area contributed by atoms with Gasteiger partial charge in [-0.25, -0.2) is 0 Å². The standard InChI is InChI=1S/C21H38NO.BrH/c1-4-5-6-7-8-9-10-14-19-22(2,3)21(23)18-17-20-15-12-11-13-16-20;/h11-13,15-16,21,23H,4-10,14,17-19H2,1-3H3;1H/q+1;/p-1/t21-;/m1./s1. The largest absolute Gasteiger partial charge is 1.00 e. The molecule has 0 saturated heterocycles. The zero-order chi connectivity index (χ0) is 17.0. The van der Waals surface area contributed by atoms with Gasteiger partial charge in [-0.1, -0.05) is 75.8 Å². The maximum absolute atomic E-state index is 10.5. The minimum Gasteiger partial charge on any atom is -1.00 e. The van der Waals surface area contributed by atoms with E-state index in [0.717, 1.165) is 23.9 Å². The molecule has 0 spiro atoms. The van der Waals surface area contributed by atoms with Gasteiger partial charge in [-0.2, -0.15) is 0 Å². The van der Waals surface area contributed by atoms with E-state index >= 15 is 0 Å². The van der Waals surface area contributed by atoms with Crippen LogP contribution in [0.3, 0.4) is 0 Å². The molecule has 2 nitrogen and oxygen atoms in total. The monoisotopic (exact) mass is 399 g/mol. The van der Waals surface area contributed by atoms with Crippen molar-refractivity contribution < 1.29 is 26.6 Å². The van der Waals surface area contributed by atoms with Gasteiger partial charge in [-0.05, 0) is 24.8 Å². The van der Waals surface area contributed by atoms with E-state index in [2.05, 4.69) is 45.3 Å². The minimum atomic E-state index is -0.264. The Morgan fingerprint density at radius 2 is 1.42 bits per heavy atom. The molecule has 1 rings (SSSR count). The first-order valence-corrected chi connectivity index (χ1v) is 9.61. The fourth-order valence-electron chi connectivity index (χ4n) is 3.09. The van der Waals surface area contributed by atoms with Crippen molar-refractivity contribution in [2.24, 2.45) is 0 Å². The lowest BCUT2D eigenvalue weighted by Crippen LogP contribution is -3.00. The van der Waals surface area contributed by atoms with Gasteiger partial charge in [-0.3, -0.25) is 0 Å². The van der Waals surface area contributed by atoms with Crippen molar-refractivity contribution in [2.45, 2.75) is 77.4 Å². The lowest BCUT2D eigenvalue weighted by molar-refractivity contribution is -0.937. The lowest BCUT2D eigenvalue weighted by Gasteiger charge is -2.35. The Hall–Kier alpha value is -0.380. The summed E-state index contributed by atoms with van der Waals surface area (Å²) in [5, 5.41) is 10.5. The molecule has 0 radical (unpaired) electrons. The summed E-state index contributed by atoms with van der Waals surface area (Å²) in [5.74, 6) is 0. The van der Waals surface area contributed by atoms with E-state index in [1.54, 1.807) is 0 Å². The quantitative estimate of drug-likeness (QED) is 0.306. The zero-order valence-corrected chi connectivity index (χ0v) is 17.6. The van der Waals surface area contributed by atoms with Gasteiger partial charge in [0.1, 0.15) is 0 Å². The highest BCUT2D eigenvalue weighted by molar-refractivity contribution is 5.14. The molecule has 0 fully saturated rings. The molecule has 0 heterocycles. The van der Waals surface area contributed by atoms with Crippen molar-refractivity contribution in [1.82, 2.24) is 0 Å². The molecule has 0 bridgehead atoms. The van der Waals surface area contributed by atoms with E-state index in [9.17, 15) is 5.11 Å². The first-order chi connectivity index (χ1) is 11.1. The van der Waals surface area contributed by atoms with Crippen LogP contribution in [0.4, 0.5) is 0 Å². The maximum atomic E-state index is 10.5. The van der Waals surface area contributed by atoms with Crippen LogP contribution in [0, 0.1) is 0 Å². The summed E-state index contributed by atoms with van der Waals surface area (Å²) in [5.41, 5.74) is 1.32. The normalized spacial score (nSPS) is 12.7. The third-order valence-electron chi connectivity index (χ3n) is 4.93. The Bertz CT molecular complexity index is 394. The highest BCUT2D eigenvalue weighted by atomic mass is 79.9. The van der Waals surface area contributed by atoms with Crippen LogP contribution in [-0.4, -0.2) is 36.5 Å². The maximum Gasteiger partial charge on any atom is 0.190 e. The number of aryl methyl sites for hydroxylation is 1. The van der Waals surface area contributed by atoms with Gasteiger partial charge < -0.3 is 26.6 Å². The lowest BCUT2D eigenvalue weighted by atomic mass is 10.1. The van der Waals surface area contributed by atoms with Crippen LogP contribution in [0.25, 0.3) is 0 Å². The summed E-state index contributed by atoms with van der Waals surface area (Å²) in [4.78, 5) is 0. The van der Waals surface area contributed by atoms with Crippen LogP contribution in [-0.2, 0) is 6.42 Å². The van der Waals surface area contributed by atoms with Crippen molar-refractivity contribution >= 4 is 0 Å². The van der Waals surface area contributed by atoms with Crippen molar-refractivity contribution in [1.29, 1.82) is 0 Å². The molecule has 0 aromatic heterocycles. The third kappa shape index (κ3) is 10.5. The smallest absolute Gasteiger partial charge is 0.190 e. The molecule has 0 amide bonds. The molecule has 1 aromatic carbocycles. The number of nitrogens with zero attached hydrogens (tertiary/aromatic N) is 1. The molecule has 140 valence electrons. The van der Waals surface area contributed by atoms with E-state index in [1.165, 1.54) is 56.9 Å². The molecule has 0 aliphatic carbocycles. The average molecular weight is 400 g/mol. The Labute approximate surface area is 160 Å². The molecular weight excluding hydrogens is 362 g/mol. The Morgan fingerprint density at radius 1 is 0.875 bits per heavy atom. The molecule has 0 aliphatic heterocycles. The van der Waals surface area contributed by atoms with Crippen molar-refractivity contribution in [3.63, 3.8) is 0 Å². The first-order valence-electron chi connectivity index (χ1n) is 9.61. The van der Waals surface area contributed by atoms with Gasteiger partial charge >= 0.3 is 0 Å². The van der Waals surface area contributed by atoms with Crippen LogP contribution in [0.5, 0.6) is 0 Å². The summed E-state index contributed by atoms with van der Waals surface area (Å²) in [6.45, 7) is 3.34. The summed E-state index contributed by atoms with van der Waals surface area (Å²) in [7, 11) is 4.33. The topological polar surface area (TPSA) is 20.2 Å². The molecule has 0 aliphatic rings. The SMILES string of the molecule is CCCCCCCCCC[N+](C)(C)[C@H](O)CCc1ccccc1.[Br-]. The summed E-state index contributed by atoms with van der Waals surface area (Å²) >= 11 is 0. The van der Waals surface area contributed by atoms with E-state index in [4.69, 9.17) is 0 Å². The fraction of sp³-hybridized carbons (Fsp3) is 0.714. The number of hydrogen-bond acceptors (Lipinski definition) is 1. The van der Waals surface area contributed by atoms with E-state index < -0.39 is 0 Å².